The van der Waals surface area contributed by atoms with Gasteiger partial charge >= 0.3 is 0 Å². The van der Waals surface area contributed by atoms with E-state index in [1.165, 1.54) is 22.2 Å². The van der Waals surface area contributed by atoms with Crippen molar-refractivity contribution in [2.45, 2.75) is 20.4 Å². The molecule has 2 aromatic carbocycles. The lowest BCUT2D eigenvalue weighted by molar-refractivity contribution is 1.06. The van der Waals surface area contributed by atoms with Crippen molar-refractivity contribution in [2.75, 3.05) is 5.32 Å². The second-order valence-electron chi connectivity index (χ2n) is 5.10. The highest BCUT2D eigenvalue weighted by Gasteiger charge is 2.02. The van der Waals surface area contributed by atoms with Crippen LogP contribution in [0.3, 0.4) is 0 Å². The fraction of sp³-hybridized carbons (Fsp3) is 0.167. The van der Waals surface area contributed by atoms with E-state index in [1.54, 1.807) is 0 Å². The van der Waals surface area contributed by atoms with E-state index < -0.39 is 0 Å². The highest BCUT2D eigenvalue weighted by Crippen LogP contribution is 2.19. The molecule has 0 radical (unpaired) electrons. The smallest absolute Gasteiger partial charge is 0.0706 e. The molecule has 0 aliphatic rings. The van der Waals surface area contributed by atoms with Gasteiger partial charge in [-0.15, -0.1) is 0 Å². The average Bonchev–Trinajstić information content (AvgIpc) is 2.48. The fourth-order valence-corrected chi connectivity index (χ4v) is 2.34. The fourth-order valence-electron chi connectivity index (χ4n) is 2.34. The van der Waals surface area contributed by atoms with Crippen molar-refractivity contribution < 1.29 is 0 Å². The number of para-hydroxylation sites is 1. The van der Waals surface area contributed by atoms with Gasteiger partial charge in [-0.1, -0.05) is 36.4 Å². The highest BCUT2D eigenvalue weighted by atomic mass is 14.9. The molecule has 1 N–H and O–H groups in total. The van der Waals surface area contributed by atoms with Crippen molar-refractivity contribution >= 4 is 16.6 Å². The molecule has 3 aromatic rings. The molecule has 2 nitrogen and oxygen atoms in total. The number of hydrogen-bond donors (Lipinski definition) is 1. The van der Waals surface area contributed by atoms with Crippen LogP contribution in [0.5, 0.6) is 0 Å². The van der Waals surface area contributed by atoms with Gasteiger partial charge in [0, 0.05) is 11.1 Å². The van der Waals surface area contributed by atoms with Crippen molar-refractivity contribution in [1.29, 1.82) is 0 Å². The number of anilines is 1. The Hall–Kier alpha value is -2.35. The highest BCUT2D eigenvalue weighted by molar-refractivity contribution is 5.78. The molecule has 3 rings (SSSR count). The molecule has 0 amide bonds. The number of fused-ring (bicyclic) bond motifs is 1. The van der Waals surface area contributed by atoms with Crippen LogP contribution in [0.15, 0.2) is 54.6 Å². The summed E-state index contributed by atoms with van der Waals surface area (Å²) < 4.78 is 0. The second-order valence-corrected chi connectivity index (χ2v) is 5.10. The van der Waals surface area contributed by atoms with Crippen LogP contribution in [0.1, 0.15) is 16.8 Å². The summed E-state index contributed by atoms with van der Waals surface area (Å²) in [4.78, 5) is 4.68. The number of benzene rings is 2. The molecule has 1 heterocycles. The maximum absolute atomic E-state index is 4.68. The molecular formula is C18H18N2. The molecule has 0 bridgehead atoms. The van der Waals surface area contributed by atoms with E-state index in [2.05, 4.69) is 66.6 Å². The summed E-state index contributed by atoms with van der Waals surface area (Å²) in [6, 6.07) is 18.7. The number of hydrogen-bond acceptors (Lipinski definition) is 2. The van der Waals surface area contributed by atoms with Gasteiger partial charge in [0.05, 0.1) is 17.8 Å². The summed E-state index contributed by atoms with van der Waals surface area (Å²) >= 11 is 0. The van der Waals surface area contributed by atoms with E-state index >= 15 is 0 Å². The summed E-state index contributed by atoms with van der Waals surface area (Å²) in [5.41, 5.74) is 5.90. The van der Waals surface area contributed by atoms with Crippen molar-refractivity contribution in [3.05, 3.63) is 71.4 Å². The molecule has 0 unspecified atom stereocenters. The number of nitrogens with zero attached hydrogens (tertiary/aromatic N) is 1. The zero-order chi connectivity index (χ0) is 13.9. The molecule has 0 saturated carbocycles. The molecule has 0 fully saturated rings. The molecular weight excluding hydrogens is 244 g/mol. The molecule has 20 heavy (non-hydrogen) atoms. The van der Waals surface area contributed by atoms with Crippen LogP contribution >= 0.6 is 0 Å². The Balaban J connectivity index is 1.81. The molecule has 0 spiro atoms. The summed E-state index contributed by atoms with van der Waals surface area (Å²) in [6.07, 6.45) is 0. The largest absolute Gasteiger partial charge is 0.379 e. The summed E-state index contributed by atoms with van der Waals surface area (Å²) in [7, 11) is 0. The Morgan fingerprint density at radius 1 is 0.900 bits per heavy atom. The summed E-state index contributed by atoms with van der Waals surface area (Å²) in [5, 5.41) is 4.66. The Morgan fingerprint density at radius 3 is 2.65 bits per heavy atom. The van der Waals surface area contributed by atoms with Gasteiger partial charge in [-0.2, -0.15) is 0 Å². The molecule has 2 heteroatoms. The minimum atomic E-state index is 0.745. The molecule has 0 saturated heterocycles. The Bertz CT molecular complexity index is 747. The van der Waals surface area contributed by atoms with Crippen LogP contribution in [0.25, 0.3) is 10.9 Å². The number of rotatable bonds is 3. The Kier molecular flexibility index (Phi) is 3.38. The van der Waals surface area contributed by atoms with Crippen LogP contribution < -0.4 is 5.32 Å². The minimum Gasteiger partial charge on any atom is -0.379 e. The lowest BCUT2D eigenvalue weighted by atomic mass is 10.1. The number of pyridine rings is 1. The SMILES string of the molecule is Cc1cccc(NCc2ccc3ccccc3n2)c1C. The predicted molar refractivity (Wildman–Crippen MR) is 85.0 cm³/mol. The van der Waals surface area contributed by atoms with Gasteiger partial charge in [0.1, 0.15) is 0 Å². The monoisotopic (exact) mass is 262 g/mol. The molecule has 1 aromatic heterocycles. The lowest BCUT2D eigenvalue weighted by Crippen LogP contribution is -2.03. The number of nitrogens with one attached hydrogen (secondary N) is 1. The van der Waals surface area contributed by atoms with Crippen molar-refractivity contribution in [2.24, 2.45) is 0 Å². The van der Waals surface area contributed by atoms with Gasteiger partial charge in [-0.3, -0.25) is 4.98 Å². The third-order valence-electron chi connectivity index (χ3n) is 3.72. The molecule has 0 aliphatic heterocycles. The van der Waals surface area contributed by atoms with Gasteiger partial charge in [0.2, 0.25) is 0 Å². The van der Waals surface area contributed by atoms with Gasteiger partial charge < -0.3 is 5.32 Å². The van der Waals surface area contributed by atoms with Crippen LogP contribution in [0.4, 0.5) is 5.69 Å². The third-order valence-corrected chi connectivity index (χ3v) is 3.72. The first-order valence-electron chi connectivity index (χ1n) is 6.89. The Labute approximate surface area is 119 Å². The zero-order valence-electron chi connectivity index (χ0n) is 11.9. The van der Waals surface area contributed by atoms with E-state index in [0.29, 0.717) is 0 Å². The van der Waals surface area contributed by atoms with E-state index in [1.807, 2.05) is 12.1 Å². The maximum Gasteiger partial charge on any atom is 0.0706 e. The first-order valence-corrected chi connectivity index (χ1v) is 6.89. The lowest BCUT2D eigenvalue weighted by Gasteiger charge is -2.11. The van der Waals surface area contributed by atoms with E-state index in [0.717, 1.165) is 17.8 Å². The van der Waals surface area contributed by atoms with Crippen LogP contribution in [-0.4, -0.2) is 4.98 Å². The summed E-state index contributed by atoms with van der Waals surface area (Å²) in [6.45, 7) is 5.02. The van der Waals surface area contributed by atoms with Crippen molar-refractivity contribution in [3.8, 4) is 0 Å². The molecule has 0 aliphatic carbocycles. The third kappa shape index (κ3) is 2.50. The predicted octanol–water partition coefficient (Wildman–Crippen LogP) is 4.46. The van der Waals surface area contributed by atoms with Crippen LogP contribution in [0, 0.1) is 13.8 Å². The number of aromatic nitrogens is 1. The summed E-state index contributed by atoms with van der Waals surface area (Å²) in [5.74, 6) is 0. The second kappa shape index (κ2) is 5.33. The van der Waals surface area contributed by atoms with E-state index in [9.17, 15) is 0 Å². The normalized spacial score (nSPS) is 10.7. The van der Waals surface area contributed by atoms with Gasteiger partial charge in [0.15, 0.2) is 0 Å². The Morgan fingerprint density at radius 2 is 1.75 bits per heavy atom. The first-order chi connectivity index (χ1) is 9.74. The maximum atomic E-state index is 4.68. The van der Waals surface area contributed by atoms with Crippen molar-refractivity contribution in [1.82, 2.24) is 4.98 Å². The average molecular weight is 262 g/mol. The minimum absolute atomic E-state index is 0.745. The quantitative estimate of drug-likeness (QED) is 0.753. The number of aryl methyl sites for hydroxylation is 1. The van der Waals surface area contributed by atoms with Crippen molar-refractivity contribution in [3.63, 3.8) is 0 Å². The molecule has 100 valence electrons. The van der Waals surface area contributed by atoms with Gasteiger partial charge in [0.25, 0.3) is 0 Å². The topological polar surface area (TPSA) is 24.9 Å². The van der Waals surface area contributed by atoms with E-state index in [4.69, 9.17) is 0 Å². The van der Waals surface area contributed by atoms with E-state index in [-0.39, 0.29) is 0 Å². The van der Waals surface area contributed by atoms with Gasteiger partial charge in [-0.25, -0.2) is 0 Å². The first kappa shape index (κ1) is 12.7. The standard InChI is InChI=1S/C18H18N2/c1-13-6-5-9-17(14(13)2)19-12-16-11-10-15-7-3-4-8-18(15)20-16/h3-11,19H,12H2,1-2H3. The van der Waals surface area contributed by atoms with Crippen LogP contribution in [0.2, 0.25) is 0 Å². The molecule has 0 atom stereocenters. The zero-order valence-corrected chi connectivity index (χ0v) is 11.9. The van der Waals surface area contributed by atoms with Crippen LogP contribution in [-0.2, 0) is 6.54 Å². The van der Waals surface area contributed by atoms with Gasteiger partial charge in [-0.05, 0) is 43.2 Å².